The van der Waals surface area contributed by atoms with Crippen molar-refractivity contribution in [2.24, 2.45) is 5.92 Å². The van der Waals surface area contributed by atoms with E-state index in [1.807, 2.05) is 0 Å². The average molecular weight is 134 g/mol. The van der Waals surface area contributed by atoms with Gasteiger partial charge < -0.3 is 0 Å². The van der Waals surface area contributed by atoms with Crippen molar-refractivity contribution in [3.8, 4) is 0 Å². The molecule has 0 unspecified atom stereocenters. The van der Waals surface area contributed by atoms with Gasteiger partial charge >= 0.3 is 40.1 Å². The van der Waals surface area contributed by atoms with Gasteiger partial charge in [-0.1, -0.05) is 0 Å². The zero-order valence-electron chi connectivity index (χ0n) is 3.11. The molecule has 0 aliphatic heterocycles. The Bertz CT molecular complexity index is 30.6. The van der Waals surface area contributed by atoms with Crippen molar-refractivity contribution in [3.63, 3.8) is 0 Å². The molecule has 1 fully saturated rings. The predicted octanol–water partition coefficient (Wildman–Crippen LogP) is 0.983. The summed E-state index contributed by atoms with van der Waals surface area (Å²) in [5.74, 6) is 1.08. The molecule has 1 aliphatic carbocycles. The Morgan fingerprint density at radius 2 is 2.20 bits per heavy atom. The van der Waals surface area contributed by atoms with Gasteiger partial charge in [-0.15, -0.1) is 0 Å². The first-order valence-electron chi connectivity index (χ1n) is 2.01. The Morgan fingerprint density at radius 1 is 1.60 bits per heavy atom. The molecule has 0 N–H and O–H groups in total. The Balaban J connectivity index is 2.00. The molecule has 1 rings (SSSR count). The Hall–Kier alpha value is 0.519. The van der Waals surface area contributed by atoms with Gasteiger partial charge in [0.1, 0.15) is 0 Å². The minimum absolute atomic E-state index is 1.08. The van der Waals surface area contributed by atoms with E-state index in [4.69, 9.17) is 0 Å². The van der Waals surface area contributed by atoms with Crippen molar-refractivity contribution in [1.82, 2.24) is 0 Å². The van der Waals surface area contributed by atoms with Crippen molar-refractivity contribution in [2.75, 3.05) is 0 Å². The van der Waals surface area contributed by atoms with Crippen LogP contribution in [0.1, 0.15) is 12.8 Å². The molecule has 0 aromatic rings. The quantitative estimate of drug-likeness (QED) is 0.469. The van der Waals surface area contributed by atoms with Crippen LogP contribution < -0.4 is 0 Å². The molecule has 0 aromatic carbocycles. The fourth-order valence-electron chi connectivity index (χ4n) is 0.285. The number of rotatable bonds is 1. The van der Waals surface area contributed by atoms with Gasteiger partial charge in [-0.05, 0) is 0 Å². The van der Waals surface area contributed by atoms with E-state index in [1.54, 1.807) is 0 Å². The van der Waals surface area contributed by atoms with Crippen LogP contribution in [0.4, 0.5) is 0 Å². The van der Waals surface area contributed by atoms with Crippen LogP contribution in [0.3, 0.4) is 0 Å². The van der Waals surface area contributed by atoms with E-state index in [2.05, 4.69) is 16.0 Å². The summed E-state index contributed by atoms with van der Waals surface area (Å²) in [5, 5.41) is 1.29. The summed E-state index contributed by atoms with van der Waals surface area (Å²) in [6.07, 6.45) is 2.96. The van der Waals surface area contributed by atoms with Crippen LogP contribution in [0.15, 0.2) is 0 Å². The third kappa shape index (κ3) is 0.942. The molecule has 0 amide bonds. The standard InChI is InChI=1S/C4H7Se/c5-3-4-1-2-4/h4H,1-3H2. The van der Waals surface area contributed by atoms with E-state index in [-0.39, 0.29) is 0 Å². The van der Waals surface area contributed by atoms with Crippen LogP contribution in [0.5, 0.6) is 0 Å². The molecule has 0 bridgehead atoms. The van der Waals surface area contributed by atoms with Gasteiger partial charge in [0.05, 0.1) is 0 Å². The topological polar surface area (TPSA) is 0 Å². The molecule has 1 heteroatoms. The molecule has 29 valence electrons. The average Bonchev–Trinajstić information content (AvgIpc) is 2.12. The van der Waals surface area contributed by atoms with E-state index in [0.29, 0.717) is 0 Å². The SMILES string of the molecule is [Se]CC1CC1. The Labute approximate surface area is 40.8 Å². The first-order valence-corrected chi connectivity index (χ1v) is 3.22. The first kappa shape index (κ1) is 3.70. The van der Waals surface area contributed by atoms with E-state index in [9.17, 15) is 0 Å². The Morgan fingerprint density at radius 3 is 2.20 bits per heavy atom. The monoisotopic (exact) mass is 135 g/mol. The van der Waals surface area contributed by atoms with Crippen molar-refractivity contribution in [2.45, 2.75) is 18.2 Å². The minimum atomic E-state index is 1.08. The summed E-state index contributed by atoms with van der Waals surface area (Å²) < 4.78 is 0. The van der Waals surface area contributed by atoms with E-state index >= 15 is 0 Å². The second-order valence-electron chi connectivity index (χ2n) is 1.61. The molecule has 1 radical (unpaired) electrons. The molecule has 1 saturated carbocycles. The van der Waals surface area contributed by atoms with E-state index < -0.39 is 0 Å². The van der Waals surface area contributed by atoms with Crippen LogP contribution in [0.25, 0.3) is 0 Å². The number of hydrogen-bond acceptors (Lipinski definition) is 0. The zero-order chi connectivity index (χ0) is 3.70. The van der Waals surface area contributed by atoms with Crippen LogP contribution in [0, 0.1) is 5.92 Å². The van der Waals surface area contributed by atoms with Gasteiger partial charge in [0.15, 0.2) is 0 Å². The van der Waals surface area contributed by atoms with Crippen molar-refractivity contribution in [3.05, 3.63) is 0 Å². The molecule has 0 heterocycles. The summed E-state index contributed by atoms with van der Waals surface area (Å²) in [4.78, 5) is 0. The molecular weight excluding hydrogens is 127 g/mol. The summed E-state index contributed by atoms with van der Waals surface area (Å²) in [6.45, 7) is 0. The van der Waals surface area contributed by atoms with Crippen LogP contribution >= 0.6 is 0 Å². The van der Waals surface area contributed by atoms with Gasteiger partial charge in [-0.25, -0.2) is 0 Å². The zero-order valence-corrected chi connectivity index (χ0v) is 4.82. The molecule has 0 atom stereocenters. The van der Waals surface area contributed by atoms with Crippen LogP contribution in [-0.4, -0.2) is 16.0 Å². The van der Waals surface area contributed by atoms with E-state index in [0.717, 1.165) is 5.92 Å². The van der Waals surface area contributed by atoms with Crippen molar-refractivity contribution < 1.29 is 0 Å². The van der Waals surface area contributed by atoms with Crippen molar-refractivity contribution >= 4 is 16.0 Å². The third-order valence-electron chi connectivity index (χ3n) is 0.933. The third-order valence-corrected chi connectivity index (χ3v) is 1.92. The molecule has 1 aliphatic rings. The van der Waals surface area contributed by atoms with Gasteiger partial charge in [0.25, 0.3) is 0 Å². The summed E-state index contributed by atoms with van der Waals surface area (Å²) in [5.41, 5.74) is 0. The van der Waals surface area contributed by atoms with Gasteiger partial charge in [-0.3, -0.25) is 0 Å². The fourth-order valence-corrected chi connectivity index (χ4v) is 0.984. The summed E-state index contributed by atoms with van der Waals surface area (Å²) in [7, 11) is 0. The van der Waals surface area contributed by atoms with Gasteiger partial charge in [0.2, 0.25) is 0 Å². The fraction of sp³-hybridized carbons (Fsp3) is 1.00. The number of hydrogen-bond donors (Lipinski definition) is 0. The van der Waals surface area contributed by atoms with Crippen LogP contribution in [-0.2, 0) is 0 Å². The van der Waals surface area contributed by atoms with E-state index in [1.165, 1.54) is 18.2 Å². The van der Waals surface area contributed by atoms with Crippen LogP contribution in [0.2, 0.25) is 5.32 Å². The molecular formula is C4H7Se. The first-order chi connectivity index (χ1) is 2.43. The predicted molar refractivity (Wildman–Crippen MR) is 23.3 cm³/mol. The summed E-state index contributed by atoms with van der Waals surface area (Å²) in [6, 6.07) is 0. The second kappa shape index (κ2) is 1.32. The Kier molecular flexibility index (Phi) is 0.975. The molecule has 0 nitrogen and oxygen atoms in total. The summed E-state index contributed by atoms with van der Waals surface area (Å²) >= 11 is 3.00. The van der Waals surface area contributed by atoms with Gasteiger partial charge in [0, 0.05) is 0 Å². The van der Waals surface area contributed by atoms with Gasteiger partial charge in [-0.2, -0.15) is 0 Å². The maximum atomic E-state index is 3.00. The van der Waals surface area contributed by atoms with Crippen molar-refractivity contribution in [1.29, 1.82) is 0 Å². The second-order valence-corrected chi connectivity index (χ2v) is 2.31. The maximum absolute atomic E-state index is 3.00. The normalized spacial score (nSPS) is 23.4. The molecule has 5 heavy (non-hydrogen) atoms. The molecule has 0 spiro atoms. The molecule has 0 aromatic heterocycles. The molecule has 0 saturated heterocycles.